The first-order valence-corrected chi connectivity index (χ1v) is 5.39. The van der Waals surface area contributed by atoms with Gasteiger partial charge in [-0.05, 0) is 24.3 Å². The highest BCUT2D eigenvalue weighted by Crippen LogP contribution is 2.29. The molecule has 2 N–H and O–H groups in total. The molecule has 0 atom stereocenters. The molecule has 0 spiro atoms. The Hall–Kier alpha value is -1.78. The van der Waals surface area contributed by atoms with Crippen LogP contribution in [0.5, 0.6) is 5.75 Å². The smallest absolute Gasteiger partial charge is 0.154 e. The number of nitrogens with two attached hydrogens (primary N) is 1. The Morgan fingerprint density at radius 2 is 2.12 bits per heavy atom. The zero-order valence-corrected chi connectivity index (χ0v) is 10.1. The largest absolute Gasteiger partial charge is 0.497 e. The molecule has 17 heavy (non-hydrogen) atoms. The monoisotopic (exact) mass is 249 g/mol. The van der Waals surface area contributed by atoms with Crippen molar-refractivity contribution in [2.24, 2.45) is 5.84 Å². The van der Waals surface area contributed by atoms with Gasteiger partial charge in [0.2, 0.25) is 0 Å². The van der Waals surface area contributed by atoms with Crippen LogP contribution < -0.4 is 15.6 Å². The van der Waals surface area contributed by atoms with Crippen LogP contribution in [0.1, 0.15) is 0 Å². The number of aromatic nitrogens is 1. The fourth-order valence-corrected chi connectivity index (χ4v) is 1.67. The minimum Gasteiger partial charge on any atom is -0.497 e. The SMILES string of the molecule is COc1cccc(N(N)c2cccnc2Cl)c1. The van der Waals surface area contributed by atoms with Gasteiger partial charge in [0.1, 0.15) is 5.75 Å². The van der Waals surface area contributed by atoms with Crippen LogP contribution >= 0.6 is 11.6 Å². The first kappa shape index (κ1) is 11.7. The third-order valence-electron chi connectivity index (χ3n) is 2.33. The van der Waals surface area contributed by atoms with Crippen LogP contribution in [-0.4, -0.2) is 12.1 Å². The molecule has 0 amide bonds. The van der Waals surface area contributed by atoms with Gasteiger partial charge in [-0.2, -0.15) is 0 Å². The Morgan fingerprint density at radius 1 is 1.29 bits per heavy atom. The summed E-state index contributed by atoms with van der Waals surface area (Å²) in [6, 6.07) is 11.0. The van der Waals surface area contributed by atoms with Crippen LogP contribution in [0.4, 0.5) is 11.4 Å². The van der Waals surface area contributed by atoms with Gasteiger partial charge in [-0.15, -0.1) is 0 Å². The van der Waals surface area contributed by atoms with Gasteiger partial charge in [0.15, 0.2) is 5.15 Å². The van der Waals surface area contributed by atoms with Crippen molar-refractivity contribution < 1.29 is 4.74 Å². The van der Waals surface area contributed by atoms with Gasteiger partial charge in [-0.1, -0.05) is 17.7 Å². The quantitative estimate of drug-likeness (QED) is 0.516. The number of hydrazine groups is 1. The number of nitrogens with zero attached hydrogens (tertiary/aromatic N) is 2. The maximum Gasteiger partial charge on any atom is 0.154 e. The van der Waals surface area contributed by atoms with E-state index in [1.165, 1.54) is 5.01 Å². The maximum atomic E-state index is 5.99. The molecule has 0 radical (unpaired) electrons. The van der Waals surface area contributed by atoms with Crippen LogP contribution in [0.25, 0.3) is 0 Å². The van der Waals surface area contributed by atoms with Crippen molar-refractivity contribution in [1.29, 1.82) is 0 Å². The number of anilines is 2. The predicted octanol–water partition coefficient (Wildman–Crippen LogP) is 2.76. The van der Waals surface area contributed by atoms with Crippen molar-refractivity contribution >= 4 is 23.0 Å². The summed E-state index contributed by atoms with van der Waals surface area (Å²) in [5.74, 6) is 6.73. The standard InChI is InChI=1S/C12H12ClN3O/c1-17-10-5-2-4-9(8-10)16(14)11-6-3-7-15-12(11)13/h2-8H,14H2,1H3. The van der Waals surface area contributed by atoms with Crippen molar-refractivity contribution in [3.05, 3.63) is 47.7 Å². The molecule has 0 saturated carbocycles. The summed E-state index contributed by atoms with van der Waals surface area (Å²) in [4.78, 5) is 3.98. The van der Waals surface area contributed by atoms with Crippen LogP contribution in [-0.2, 0) is 0 Å². The summed E-state index contributed by atoms with van der Waals surface area (Å²) >= 11 is 5.98. The number of pyridine rings is 1. The molecule has 1 aromatic heterocycles. The Morgan fingerprint density at radius 3 is 2.82 bits per heavy atom. The zero-order valence-electron chi connectivity index (χ0n) is 9.30. The summed E-state index contributed by atoms with van der Waals surface area (Å²) < 4.78 is 5.14. The second-order valence-corrected chi connectivity index (χ2v) is 3.74. The van der Waals surface area contributed by atoms with Crippen LogP contribution in [0.3, 0.4) is 0 Å². The zero-order chi connectivity index (χ0) is 12.3. The first-order chi connectivity index (χ1) is 8.22. The highest BCUT2D eigenvalue weighted by molar-refractivity contribution is 6.32. The molecule has 2 aromatic rings. The van der Waals surface area contributed by atoms with E-state index in [1.54, 1.807) is 25.4 Å². The molecule has 0 saturated heterocycles. The second kappa shape index (κ2) is 5.03. The second-order valence-electron chi connectivity index (χ2n) is 3.38. The van der Waals surface area contributed by atoms with Gasteiger partial charge < -0.3 is 4.74 Å². The topological polar surface area (TPSA) is 51.4 Å². The molecule has 5 heteroatoms. The Balaban J connectivity index is 2.37. The van der Waals surface area contributed by atoms with E-state index in [0.29, 0.717) is 10.8 Å². The number of rotatable bonds is 3. The molecule has 4 nitrogen and oxygen atoms in total. The summed E-state index contributed by atoms with van der Waals surface area (Å²) in [5, 5.41) is 1.83. The van der Waals surface area contributed by atoms with Crippen LogP contribution in [0.2, 0.25) is 5.15 Å². The van der Waals surface area contributed by atoms with E-state index in [0.717, 1.165) is 11.4 Å². The summed E-state index contributed by atoms with van der Waals surface area (Å²) in [6.07, 6.45) is 1.62. The lowest BCUT2D eigenvalue weighted by molar-refractivity contribution is 0.415. The van der Waals surface area contributed by atoms with E-state index < -0.39 is 0 Å². The van der Waals surface area contributed by atoms with Gasteiger partial charge in [0.05, 0.1) is 18.5 Å². The van der Waals surface area contributed by atoms with E-state index in [-0.39, 0.29) is 0 Å². The average Bonchev–Trinajstić information content (AvgIpc) is 2.38. The average molecular weight is 250 g/mol. The fraction of sp³-hybridized carbons (Fsp3) is 0.0833. The molecule has 88 valence electrons. The number of benzene rings is 1. The van der Waals surface area contributed by atoms with Gasteiger partial charge in [-0.3, -0.25) is 5.01 Å². The van der Waals surface area contributed by atoms with Crippen LogP contribution in [0, 0.1) is 0 Å². The molecule has 0 fully saturated rings. The van der Waals surface area contributed by atoms with E-state index in [9.17, 15) is 0 Å². The lowest BCUT2D eigenvalue weighted by Gasteiger charge is -2.19. The number of ether oxygens (including phenoxy) is 1. The van der Waals surface area contributed by atoms with Crippen molar-refractivity contribution in [2.45, 2.75) is 0 Å². The summed E-state index contributed by atoms with van der Waals surface area (Å²) in [7, 11) is 1.61. The lowest BCUT2D eigenvalue weighted by atomic mass is 10.2. The Labute approximate surface area is 105 Å². The van der Waals surface area contributed by atoms with Crippen molar-refractivity contribution in [1.82, 2.24) is 4.98 Å². The molecular weight excluding hydrogens is 238 g/mol. The molecule has 0 unspecified atom stereocenters. The van der Waals surface area contributed by atoms with Crippen molar-refractivity contribution in [3.8, 4) is 5.75 Å². The number of hydrogen-bond donors (Lipinski definition) is 1. The van der Waals surface area contributed by atoms with E-state index in [1.807, 2.05) is 24.3 Å². The lowest BCUT2D eigenvalue weighted by Crippen LogP contribution is -2.25. The molecule has 0 aliphatic heterocycles. The maximum absolute atomic E-state index is 5.99. The highest BCUT2D eigenvalue weighted by atomic mass is 35.5. The third kappa shape index (κ3) is 2.49. The molecule has 0 bridgehead atoms. The van der Waals surface area contributed by atoms with E-state index in [2.05, 4.69) is 4.98 Å². The molecular formula is C12H12ClN3O. The number of halogens is 1. The first-order valence-electron chi connectivity index (χ1n) is 5.02. The van der Waals surface area contributed by atoms with Crippen LogP contribution in [0.15, 0.2) is 42.6 Å². The molecule has 0 aliphatic carbocycles. The van der Waals surface area contributed by atoms with Gasteiger partial charge in [0, 0.05) is 12.3 Å². The summed E-state index contributed by atoms with van der Waals surface area (Å²) in [6.45, 7) is 0. The number of hydrogen-bond acceptors (Lipinski definition) is 4. The fourth-order valence-electron chi connectivity index (χ4n) is 1.46. The minimum atomic E-state index is 0.359. The predicted molar refractivity (Wildman–Crippen MR) is 68.6 cm³/mol. The number of methoxy groups -OCH3 is 1. The van der Waals surface area contributed by atoms with Gasteiger partial charge >= 0.3 is 0 Å². The van der Waals surface area contributed by atoms with Crippen molar-refractivity contribution in [3.63, 3.8) is 0 Å². The minimum absolute atomic E-state index is 0.359. The Bertz CT molecular complexity index is 519. The molecule has 1 aromatic carbocycles. The third-order valence-corrected chi connectivity index (χ3v) is 2.62. The normalized spacial score (nSPS) is 10.1. The highest BCUT2D eigenvalue weighted by Gasteiger charge is 2.09. The molecule has 0 aliphatic rings. The van der Waals surface area contributed by atoms with Gasteiger partial charge in [0.25, 0.3) is 0 Å². The molecule has 1 heterocycles. The Kier molecular flexibility index (Phi) is 3.46. The van der Waals surface area contributed by atoms with E-state index >= 15 is 0 Å². The van der Waals surface area contributed by atoms with Crippen molar-refractivity contribution in [2.75, 3.05) is 12.1 Å². The molecule has 2 rings (SSSR count). The summed E-state index contributed by atoms with van der Waals surface area (Å²) in [5.41, 5.74) is 1.42. The van der Waals surface area contributed by atoms with Gasteiger partial charge in [-0.25, -0.2) is 10.8 Å². The van der Waals surface area contributed by atoms with E-state index in [4.69, 9.17) is 22.2 Å².